The first-order valence-electron chi connectivity index (χ1n) is 11.9. The van der Waals surface area contributed by atoms with Crippen LogP contribution in [0.4, 0.5) is 5.69 Å². The van der Waals surface area contributed by atoms with Gasteiger partial charge in [0.2, 0.25) is 5.71 Å². The molecule has 6 aromatic rings. The summed E-state index contributed by atoms with van der Waals surface area (Å²) in [5, 5.41) is 4.44. The van der Waals surface area contributed by atoms with Gasteiger partial charge in [-0.05, 0) is 45.0 Å². The molecule has 172 valence electrons. The molecule has 0 spiro atoms. The van der Waals surface area contributed by atoms with E-state index in [0.717, 1.165) is 55.2 Å². The topological polar surface area (TPSA) is 45.7 Å². The number of anilines is 1. The molecule has 0 saturated heterocycles. The van der Waals surface area contributed by atoms with Gasteiger partial charge >= 0.3 is 0 Å². The average molecular weight is 460 g/mol. The Morgan fingerprint density at radius 3 is 2.40 bits per heavy atom. The van der Waals surface area contributed by atoms with E-state index in [1.165, 1.54) is 0 Å². The Morgan fingerprint density at radius 2 is 1.51 bits per heavy atom. The van der Waals surface area contributed by atoms with Gasteiger partial charge in [-0.2, -0.15) is 0 Å². The molecule has 35 heavy (non-hydrogen) atoms. The molecule has 5 nitrogen and oxygen atoms in total. The fraction of sp³-hybridized carbons (Fsp3) is 0.167. The second-order valence-electron chi connectivity index (χ2n) is 9.78. The largest absolute Gasteiger partial charge is 0.454 e. The number of para-hydroxylation sites is 3. The minimum Gasteiger partial charge on any atom is -0.454 e. The molecule has 5 heteroatoms. The van der Waals surface area contributed by atoms with Crippen molar-refractivity contribution in [3.05, 3.63) is 96.5 Å². The molecule has 7 rings (SSSR count). The number of hydrogen-bond acceptors (Lipinski definition) is 5. The van der Waals surface area contributed by atoms with E-state index in [2.05, 4.69) is 95.6 Å². The van der Waals surface area contributed by atoms with Gasteiger partial charge in [0.25, 0.3) is 0 Å². The third kappa shape index (κ3) is 2.91. The number of hydrogen-bond donors (Lipinski definition) is 0. The van der Waals surface area contributed by atoms with Gasteiger partial charge < -0.3 is 18.6 Å². The highest BCUT2D eigenvalue weighted by Gasteiger charge is 2.34. The molecule has 0 fully saturated rings. The van der Waals surface area contributed by atoms with E-state index in [1.807, 2.05) is 25.1 Å². The van der Waals surface area contributed by atoms with Crippen molar-refractivity contribution < 1.29 is 8.83 Å². The highest BCUT2D eigenvalue weighted by Crippen LogP contribution is 2.41. The molecule has 1 aliphatic rings. The predicted octanol–water partition coefficient (Wildman–Crippen LogP) is 7.67. The molecule has 3 aromatic carbocycles. The van der Waals surface area contributed by atoms with Gasteiger partial charge in [-0.1, -0.05) is 48.5 Å². The minimum atomic E-state index is -0.310. The number of pyridine rings is 1. The van der Waals surface area contributed by atoms with Crippen LogP contribution in [-0.2, 0) is 5.54 Å². The number of furan rings is 2. The average Bonchev–Trinajstić information content (AvgIpc) is 3.58. The van der Waals surface area contributed by atoms with Crippen LogP contribution in [0.5, 0.6) is 0 Å². The van der Waals surface area contributed by atoms with Crippen LogP contribution in [0, 0.1) is 6.92 Å². The molecule has 0 saturated carbocycles. The van der Waals surface area contributed by atoms with Crippen molar-refractivity contribution >= 4 is 49.7 Å². The third-order valence-electron chi connectivity index (χ3n) is 7.30. The number of aromatic nitrogens is 1. The lowest BCUT2D eigenvalue weighted by atomic mass is 9.91. The van der Waals surface area contributed by atoms with Gasteiger partial charge in [0.05, 0.1) is 17.9 Å². The maximum absolute atomic E-state index is 6.32. The van der Waals surface area contributed by atoms with E-state index in [-0.39, 0.29) is 5.54 Å². The maximum Gasteiger partial charge on any atom is 0.227 e. The van der Waals surface area contributed by atoms with Crippen LogP contribution in [0.3, 0.4) is 0 Å². The molecule has 3 aromatic heterocycles. The fourth-order valence-corrected chi connectivity index (χ4v) is 5.31. The smallest absolute Gasteiger partial charge is 0.227 e. The number of fused-ring (bicyclic) bond motifs is 6. The van der Waals surface area contributed by atoms with E-state index < -0.39 is 0 Å². The Balaban J connectivity index is 1.28. The summed E-state index contributed by atoms with van der Waals surface area (Å²) < 4.78 is 12.6. The molecule has 4 heterocycles. The molecule has 1 aliphatic heterocycles. The van der Waals surface area contributed by atoms with Gasteiger partial charge in [-0.25, -0.2) is 4.98 Å². The van der Waals surface area contributed by atoms with Crippen molar-refractivity contribution in [2.45, 2.75) is 26.3 Å². The van der Waals surface area contributed by atoms with Crippen LogP contribution in [0.1, 0.15) is 25.1 Å². The van der Waals surface area contributed by atoms with E-state index in [4.69, 9.17) is 8.83 Å². The molecule has 0 aliphatic carbocycles. The van der Waals surface area contributed by atoms with Gasteiger partial charge in [0, 0.05) is 45.2 Å². The van der Waals surface area contributed by atoms with Crippen LogP contribution < -0.4 is 4.90 Å². The predicted molar refractivity (Wildman–Crippen MR) is 141 cm³/mol. The molecule has 0 bridgehead atoms. The Labute approximate surface area is 202 Å². The first kappa shape index (κ1) is 20.2. The van der Waals surface area contributed by atoms with Crippen LogP contribution in [0.2, 0.25) is 0 Å². The molecule has 0 amide bonds. The number of benzene rings is 3. The zero-order valence-electron chi connectivity index (χ0n) is 19.9. The van der Waals surface area contributed by atoms with Crippen molar-refractivity contribution in [2.75, 3.05) is 11.6 Å². The lowest BCUT2D eigenvalue weighted by Crippen LogP contribution is -2.39. The zero-order valence-corrected chi connectivity index (χ0v) is 19.9. The van der Waals surface area contributed by atoms with Gasteiger partial charge in [-0.3, -0.25) is 0 Å². The Kier molecular flexibility index (Phi) is 4.10. The van der Waals surface area contributed by atoms with E-state index in [1.54, 1.807) is 0 Å². The quantitative estimate of drug-likeness (QED) is 0.272. The highest BCUT2D eigenvalue weighted by molar-refractivity contribution is 6.09. The van der Waals surface area contributed by atoms with Crippen molar-refractivity contribution in [1.29, 1.82) is 0 Å². The molecular formula is C30H25N3O2. The summed E-state index contributed by atoms with van der Waals surface area (Å²) in [5.41, 5.74) is 6.27. The van der Waals surface area contributed by atoms with Crippen molar-refractivity contribution in [3.8, 4) is 0 Å². The second kappa shape index (κ2) is 7.12. The minimum absolute atomic E-state index is 0.310. The van der Waals surface area contributed by atoms with Gasteiger partial charge in [0.1, 0.15) is 11.2 Å². The summed E-state index contributed by atoms with van der Waals surface area (Å²) in [6.07, 6.45) is 4.29. The summed E-state index contributed by atoms with van der Waals surface area (Å²) in [6.45, 7) is 7.17. The van der Waals surface area contributed by atoms with E-state index in [0.29, 0.717) is 12.4 Å². The summed E-state index contributed by atoms with van der Waals surface area (Å²) >= 11 is 0. The van der Waals surface area contributed by atoms with Crippen molar-refractivity contribution in [1.82, 2.24) is 9.88 Å². The SMILES string of the molecule is Cc1ccc2c(n1)oc1c(C(C)(C)N3C=CN(c4cccc5c4oc4ccccc45)C3)cccc12. The van der Waals surface area contributed by atoms with Crippen molar-refractivity contribution in [2.24, 2.45) is 0 Å². The van der Waals surface area contributed by atoms with Gasteiger partial charge in [-0.15, -0.1) is 0 Å². The second-order valence-corrected chi connectivity index (χ2v) is 9.78. The number of nitrogens with zero attached hydrogens (tertiary/aromatic N) is 3. The maximum atomic E-state index is 6.32. The third-order valence-corrected chi connectivity index (χ3v) is 7.30. The first-order chi connectivity index (χ1) is 17.0. The molecule has 0 radical (unpaired) electrons. The number of rotatable bonds is 3. The summed E-state index contributed by atoms with van der Waals surface area (Å²) in [5.74, 6) is 0. The van der Waals surface area contributed by atoms with Crippen LogP contribution in [0.15, 0.2) is 94.0 Å². The van der Waals surface area contributed by atoms with Crippen molar-refractivity contribution in [3.63, 3.8) is 0 Å². The lowest BCUT2D eigenvalue weighted by molar-refractivity contribution is 0.202. The standard InChI is InChI=1S/C30H25N3O2/c1-19-14-15-23-22-9-6-11-24(27(22)35-29(23)31-19)30(2,3)33-17-16-32(18-33)25-12-7-10-21-20-8-4-5-13-26(20)34-28(21)25/h4-17H,18H2,1-3H3. The summed E-state index contributed by atoms with van der Waals surface area (Å²) in [4.78, 5) is 9.21. The monoisotopic (exact) mass is 459 g/mol. The Bertz CT molecular complexity index is 1790. The van der Waals surface area contributed by atoms with Crippen LogP contribution >= 0.6 is 0 Å². The molecular weight excluding hydrogens is 434 g/mol. The molecule has 0 unspecified atom stereocenters. The first-order valence-corrected chi connectivity index (χ1v) is 11.9. The summed E-state index contributed by atoms with van der Waals surface area (Å²) in [7, 11) is 0. The molecule has 0 atom stereocenters. The van der Waals surface area contributed by atoms with Crippen LogP contribution in [0.25, 0.3) is 44.0 Å². The Morgan fingerprint density at radius 1 is 0.743 bits per heavy atom. The lowest BCUT2D eigenvalue weighted by Gasteiger charge is -2.37. The van der Waals surface area contributed by atoms with E-state index in [9.17, 15) is 0 Å². The van der Waals surface area contributed by atoms with Crippen LogP contribution in [-0.4, -0.2) is 16.6 Å². The fourth-order valence-electron chi connectivity index (χ4n) is 5.31. The Hall–Kier alpha value is -4.25. The number of aryl methyl sites for hydroxylation is 1. The molecule has 0 N–H and O–H groups in total. The highest BCUT2D eigenvalue weighted by atomic mass is 16.3. The van der Waals surface area contributed by atoms with E-state index >= 15 is 0 Å². The zero-order chi connectivity index (χ0) is 23.7. The van der Waals surface area contributed by atoms with Gasteiger partial charge in [0.15, 0.2) is 5.58 Å². The summed E-state index contributed by atoms with van der Waals surface area (Å²) in [6, 6.07) is 25.1. The normalized spacial score (nSPS) is 14.4.